The summed E-state index contributed by atoms with van der Waals surface area (Å²) < 4.78 is 12.7. The van der Waals surface area contributed by atoms with Gasteiger partial charge in [0.1, 0.15) is 5.82 Å². The Balaban J connectivity index is 2.37. The molecule has 4 heteroatoms. The number of aromatic nitrogens is 1. The maximum atomic E-state index is 12.7. The van der Waals surface area contributed by atoms with Gasteiger partial charge in [-0.1, -0.05) is 6.92 Å². The number of carbonyl (C=O) groups excluding carboxylic acids is 1. The van der Waals surface area contributed by atoms with Crippen LogP contribution in [0.1, 0.15) is 26.0 Å². The number of halogens is 1. The zero-order valence-electron chi connectivity index (χ0n) is 8.75. The average Bonchev–Trinajstić information content (AvgIpc) is 2.42. The van der Waals surface area contributed by atoms with Crippen molar-refractivity contribution in [1.82, 2.24) is 10.3 Å². The molecular formula is C11H13FN2O. The molecule has 80 valence electrons. The number of nitrogens with one attached hydrogen (secondary N) is 1. The second kappa shape index (κ2) is 3.29. The van der Waals surface area contributed by atoms with Crippen LogP contribution in [0.15, 0.2) is 18.3 Å². The van der Waals surface area contributed by atoms with Gasteiger partial charge in [0.25, 0.3) is 0 Å². The second-order valence-corrected chi connectivity index (χ2v) is 4.25. The topological polar surface area (TPSA) is 42.0 Å². The lowest BCUT2D eigenvalue weighted by atomic mass is 9.80. The summed E-state index contributed by atoms with van der Waals surface area (Å²) in [5.41, 5.74) is 0.430. The number of amides is 1. The highest BCUT2D eigenvalue weighted by atomic mass is 19.1. The Kier molecular flexibility index (Phi) is 2.21. The van der Waals surface area contributed by atoms with E-state index in [1.54, 1.807) is 6.07 Å². The van der Waals surface area contributed by atoms with Gasteiger partial charge in [-0.25, -0.2) is 4.39 Å². The van der Waals surface area contributed by atoms with Gasteiger partial charge in [-0.3, -0.25) is 9.78 Å². The van der Waals surface area contributed by atoms with Gasteiger partial charge in [0.05, 0.1) is 6.20 Å². The number of carbonyl (C=O) groups is 1. The Morgan fingerprint density at radius 3 is 2.80 bits per heavy atom. The molecule has 1 aromatic rings. The minimum absolute atomic E-state index is 0.0242. The highest BCUT2D eigenvalue weighted by Gasteiger charge is 2.42. The van der Waals surface area contributed by atoms with E-state index >= 15 is 0 Å². The fraction of sp³-hybridized carbons (Fsp3) is 0.455. The molecule has 0 radical (unpaired) electrons. The summed E-state index contributed by atoms with van der Waals surface area (Å²) in [6.45, 7) is 3.91. The van der Waals surface area contributed by atoms with Crippen molar-refractivity contribution in [2.45, 2.75) is 31.7 Å². The van der Waals surface area contributed by atoms with Gasteiger partial charge in [-0.2, -0.15) is 0 Å². The molecule has 1 aliphatic heterocycles. The molecule has 1 aliphatic rings. The molecule has 1 aromatic heterocycles. The van der Waals surface area contributed by atoms with E-state index in [9.17, 15) is 9.18 Å². The van der Waals surface area contributed by atoms with Gasteiger partial charge in [0, 0.05) is 23.6 Å². The van der Waals surface area contributed by atoms with Crippen molar-refractivity contribution in [3.05, 3.63) is 29.8 Å². The smallest absolute Gasteiger partial charge is 0.221 e. The van der Waals surface area contributed by atoms with Crippen LogP contribution in [0.5, 0.6) is 0 Å². The third-order valence-electron chi connectivity index (χ3n) is 3.17. The van der Waals surface area contributed by atoms with Crippen molar-refractivity contribution in [3.8, 4) is 0 Å². The predicted molar refractivity (Wildman–Crippen MR) is 53.8 cm³/mol. The maximum Gasteiger partial charge on any atom is 0.221 e. The average molecular weight is 208 g/mol. The first-order valence-electron chi connectivity index (χ1n) is 4.94. The van der Waals surface area contributed by atoms with E-state index < -0.39 is 0 Å². The van der Waals surface area contributed by atoms with Gasteiger partial charge >= 0.3 is 0 Å². The summed E-state index contributed by atoms with van der Waals surface area (Å²) in [5, 5.41) is 2.85. The first-order chi connectivity index (χ1) is 7.02. The molecule has 1 amide bonds. The number of pyridine rings is 1. The van der Waals surface area contributed by atoms with Crippen LogP contribution in [-0.2, 0) is 10.2 Å². The summed E-state index contributed by atoms with van der Waals surface area (Å²) in [5.74, 6) is -0.330. The van der Waals surface area contributed by atoms with Gasteiger partial charge in [0.15, 0.2) is 0 Å². The maximum absolute atomic E-state index is 12.7. The van der Waals surface area contributed by atoms with Crippen molar-refractivity contribution in [2.75, 3.05) is 0 Å². The van der Waals surface area contributed by atoms with E-state index in [0.717, 1.165) is 5.69 Å². The lowest BCUT2D eigenvalue weighted by Crippen LogP contribution is -2.36. The molecule has 0 aliphatic carbocycles. The Morgan fingerprint density at radius 1 is 1.60 bits per heavy atom. The van der Waals surface area contributed by atoms with Gasteiger partial charge in [0.2, 0.25) is 5.91 Å². The first-order valence-corrected chi connectivity index (χ1v) is 4.94. The van der Waals surface area contributed by atoms with Crippen LogP contribution in [-0.4, -0.2) is 16.9 Å². The predicted octanol–water partition coefficient (Wildman–Crippen LogP) is 1.39. The third kappa shape index (κ3) is 1.60. The Labute approximate surface area is 87.7 Å². The number of rotatable bonds is 1. The molecule has 1 N–H and O–H groups in total. The molecule has 0 spiro atoms. The molecule has 15 heavy (non-hydrogen) atoms. The SMILES string of the molecule is CC1NC(=O)CC1(C)c1ccc(F)cn1. The Morgan fingerprint density at radius 2 is 2.33 bits per heavy atom. The lowest BCUT2D eigenvalue weighted by Gasteiger charge is -2.26. The van der Waals surface area contributed by atoms with Gasteiger partial charge in [-0.05, 0) is 19.1 Å². The second-order valence-electron chi connectivity index (χ2n) is 4.25. The number of nitrogens with zero attached hydrogens (tertiary/aromatic N) is 1. The molecule has 0 bridgehead atoms. The molecule has 1 fully saturated rings. The molecule has 1 saturated heterocycles. The molecule has 2 rings (SSSR count). The molecule has 2 unspecified atom stereocenters. The van der Waals surface area contributed by atoms with Crippen LogP contribution in [0.25, 0.3) is 0 Å². The Hall–Kier alpha value is -1.45. The van der Waals surface area contributed by atoms with E-state index in [-0.39, 0.29) is 23.2 Å². The molecule has 2 heterocycles. The fourth-order valence-electron chi connectivity index (χ4n) is 1.96. The van der Waals surface area contributed by atoms with E-state index in [1.165, 1.54) is 12.3 Å². The van der Waals surface area contributed by atoms with E-state index in [0.29, 0.717) is 6.42 Å². The largest absolute Gasteiger partial charge is 0.353 e. The van der Waals surface area contributed by atoms with Crippen LogP contribution in [0, 0.1) is 5.82 Å². The van der Waals surface area contributed by atoms with Crippen molar-refractivity contribution >= 4 is 5.91 Å². The molecule has 3 nitrogen and oxygen atoms in total. The quantitative estimate of drug-likeness (QED) is 0.757. The molecule has 2 atom stereocenters. The first kappa shape index (κ1) is 10.1. The monoisotopic (exact) mass is 208 g/mol. The highest BCUT2D eigenvalue weighted by Crippen LogP contribution is 2.34. The number of hydrogen-bond acceptors (Lipinski definition) is 2. The van der Waals surface area contributed by atoms with Crippen molar-refractivity contribution in [3.63, 3.8) is 0 Å². The third-order valence-corrected chi connectivity index (χ3v) is 3.17. The lowest BCUT2D eigenvalue weighted by molar-refractivity contribution is -0.119. The van der Waals surface area contributed by atoms with Crippen molar-refractivity contribution in [1.29, 1.82) is 0 Å². The van der Waals surface area contributed by atoms with Gasteiger partial charge < -0.3 is 5.32 Å². The van der Waals surface area contributed by atoms with Crippen LogP contribution >= 0.6 is 0 Å². The minimum atomic E-state index is -0.354. The normalized spacial score (nSPS) is 30.3. The molecular weight excluding hydrogens is 195 g/mol. The zero-order valence-corrected chi connectivity index (χ0v) is 8.75. The highest BCUT2D eigenvalue weighted by molar-refractivity contribution is 5.81. The van der Waals surface area contributed by atoms with Crippen LogP contribution in [0.4, 0.5) is 4.39 Å². The van der Waals surface area contributed by atoms with E-state index in [1.807, 2.05) is 13.8 Å². The zero-order chi connectivity index (χ0) is 11.1. The van der Waals surface area contributed by atoms with Gasteiger partial charge in [-0.15, -0.1) is 0 Å². The number of hydrogen-bond donors (Lipinski definition) is 1. The fourth-order valence-corrected chi connectivity index (χ4v) is 1.96. The summed E-state index contributed by atoms with van der Waals surface area (Å²) in [6, 6.07) is 3.05. The summed E-state index contributed by atoms with van der Waals surface area (Å²) in [4.78, 5) is 15.3. The van der Waals surface area contributed by atoms with Crippen molar-refractivity contribution in [2.24, 2.45) is 0 Å². The van der Waals surface area contributed by atoms with Crippen molar-refractivity contribution < 1.29 is 9.18 Å². The van der Waals surface area contributed by atoms with E-state index in [4.69, 9.17) is 0 Å². The summed E-state index contributed by atoms with van der Waals surface area (Å²) >= 11 is 0. The summed E-state index contributed by atoms with van der Waals surface area (Å²) in [6.07, 6.45) is 1.60. The molecule has 0 saturated carbocycles. The summed E-state index contributed by atoms with van der Waals surface area (Å²) in [7, 11) is 0. The standard InChI is InChI=1S/C11H13FN2O/c1-7-11(2,5-10(15)14-7)9-4-3-8(12)6-13-9/h3-4,6-7H,5H2,1-2H3,(H,14,15). The Bertz CT molecular complexity index is 390. The van der Waals surface area contributed by atoms with Crippen LogP contribution < -0.4 is 5.32 Å². The molecule has 0 aromatic carbocycles. The van der Waals surface area contributed by atoms with Crippen LogP contribution in [0.3, 0.4) is 0 Å². The minimum Gasteiger partial charge on any atom is -0.353 e. The van der Waals surface area contributed by atoms with E-state index in [2.05, 4.69) is 10.3 Å². The van der Waals surface area contributed by atoms with Crippen LogP contribution in [0.2, 0.25) is 0 Å².